The molecule has 2 aromatic heterocycles. The molecule has 1 aliphatic rings. The van der Waals surface area contributed by atoms with E-state index in [1.165, 1.54) is 0 Å². The summed E-state index contributed by atoms with van der Waals surface area (Å²) in [7, 11) is 1.92. The van der Waals surface area contributed by atoms with Crippen LogP contribution in [0.1, 0.15) is 23.2 Å². The highest BCUT2D eigenvalue weighted by atomic mass is 16.2. The molecule has 0 aliphatic carbocycles. The molecule has 0 spiro atoms. The fourth-order valence-corrected chi connectivity index (χ4v) is 3.21. The number of hydrogen-bond acceptors (Lipinski definition) is 5. The number of aromatic nitrogens is 4. The van der Waals surface area contributed by atoms with Crippen molar-refractivity contribution in [3.63, 3.8) is 0 Å². The van der Waals surface area contributed by atoms with Crippen molar-refractivity contribution >= 4 is 23.0 Å². The van der Waals surface area contributed by atoms with E-state index >= 15 is 0 Å². The van der Waals surface area contributed by atoms with Gasteiger partial charge in [-0.05, 0) is 25.0 Å². The normalized spacial score (nSPS) is 17.6. The van der Waals surface area contributed by atoms with Crippen molar-refractivity contribution < 1.29 is 4.79 Å². The second-order valence-electron chi connectivity index (χ2n) is 6.36. The van der Waals surface area contributed by atoms with E-state index in [-0.39, 0.29) is 11.9 Å². The van der Waals surface area contributed by atoms with Crippen LogP contribution in [-0.4, -0.2) is 49.5 Å². The molecule has 1 N–H and O–H groups in total. The number of likely N-dealkylation sites (tertiary alicyclic amines) is 1. The number of aryl methyl sites for hydroxylation is 1. The van der Waals surface area contributed by atoms with Crippen molar-refractivity contribution in [1.82, 2.24) is 24.4 Å². The second-order valence-corrected chi connectivity index (χ2v) is 6.36. The Bertz CT molecular complexity index is 891. The van der Waals surface area contributed by atoms with Crippen LogP contribution >= 0.6 is 0 Å². The van der Waals surface area contributed by atoms with E-state index in [0.717, 1.165) is 30.5 Å². The van der Waals surface area contributed by atoms with Crippen LogP contribution in [0.15, 0.2) is 42.9 Å². The number of hydrogen-bond donors (Lipinski definition) is 1. The summed E-state index contributed by atoms with van der Waals surface area (Å²) in [5, 5.41) is 3.35. The maximum atomic E-state index is 12.6. The van der Waals surface area contributed by atoms with Crippen molar-refractivity contribution in [3.8, 4) is 0 Å². The van der Waals surface area contributed by atoms with Gasteiger partial charge in [0.25, 0.3) is 5.91 Å². The first-order valence-corrected chi connectivity index (χ1v) is 8.45. The lowest BCUT2D eigenvalue weighted by Gasteiger charge is -2.33. The van der Waals surface area contributed by atoms with E-state index in [1.807, 2.05) is 46.8 Å². The minimum absolute atomic E-state index is 0.0770. The van der Waals surface area contributed by atoms with Crippen molar-refractivity contribution in [2.45, 2.75) is 18.9 Å². The molecule has 1 atom stereocenters. The van der Waals surface area contributed by atoms with Crippen LogP contribution in [-0.2, 0) is 7.05 Å². The number of carbonyl (C=O) groups excluding carboxylic acids is 1. The number of fused-ring (bicyclic) bond motifs is 1. The molecule has 7 nitrogen and oxygen atoms in total. The zero-order valence-electron chi connectivity index (χ0n) is 14.1. The molecule has 1 amide bonds. The van der Waals surface area contributed by atoms with Gasteiger partial charge in [-0.1, -0.05) is 18.2 Å². The van der Waals surface area contributed by atoms with Crippen LogP contribution in [0.2, 0.25) is 0 Å². The molecular weight excluding hydrogens is 316 g/mol. The number of anilines is 1. The van der Waals surface area contributed by atoms with Gasteiger partial charge in [0.1, 0.15) is 5.52 Å². The summed E-state index contributed by atoms with van der Waals surface area (Å²) >= 11 is 0. The Hall–Kier alpha value is -2.96. The zero-order chi connectivity index (χ0) is 17.2. The SMILES string of the molecule is Cn1cnc2nc(NC3CCCN(C(=O)c4ccccc4)C3)ncc21. The van der Waals surface area contributed by atoms with Gasteiger partial charge in [-0.3, -0.25) is 4.79 Å². The number of nitrogens with zero attached hydrogens (tertiary/aromatic N) is 5. The van der Waals surface area contributed by atoms with Gasteiger partial charge in [0, 0.05) is 31.7 Å². The van der Waals surface area contributed by atoms with Gasteiger partial charge in [0.05, 0.1) is 12.5 Å². The third-order valence-electron chi connectivity index (χ3n) is 4.55. The number of piperidine rings is 1. The summed E-state index contributed by atoms with van der Waals surface area (Å²) in [6.45, 7) is 1.43. The Labute approximate surface area is 145 Å². The molecule has 0 radical (unpaired) electrons. The number of benzene rings is 1. The van der Waals surface area contributed by atoms with Gasteiger partial charge < -0.3 is 14.8 Å². The molecule has 3 aromatic rings. The molecule has 1 fully saturated rings. The van der Waals surface area contributed by atoms with Crippen molar-refractivity contribution in [1.29, 1.82) is 0 Å². The maximum Gasteiger partial charge on any atom is 0.253 e. The first-order valence-electron chi connectivity index (χ1n) is 8.45. The summed E-state index contributed by atoms with van der Waals surface area (Å²) in [5.74, 6) is 0.637. The van der Waals surface area contributed by atoms with Crippen molar-refractivity contribution in [2.75, 3.05) is 18.4 Å². The summed E-state index contributed by atoms with van der Waals surface area (Å²) in [6.07, 6.45) is 5.45. The van der Waals surface area contributed by atoms with Crippen LogP contribution in [0.4, 0.5) is 5.95 Å². The molecule has 7 heteroatoms. The molecule has 1 saturated heterocycles. The highest BCUT2D eigenvalue weighted by Gasteiger charge is 2.25. The second kappa shape index (κ2) is 6.51. The number of rotatable bonds is 3. The molecular formula is C18H20N6O. The highest BCUT2D eigenvalue weighted by molar-refractivity contribution is 5.94. The number of imidazole rings is 1. The summed E-state index contributed by atoms with van der Waals surface area (Å²) < 4.78 is 1.89. The van der Waals surface area contributed by atoms with E-state index in [0.29, 0.717) is 18.1 Å². The lowest BCUT2D eigenvalue weighted by Crippen LogP contribution is -2.45. The first kappa shape index (κ1) is 15.6. The molecule has 0 saturated carbocycles. The largest absolute Gasteiger partial charge is 0.350 e. The first-order chi connectivity index (χ1) is 12.2. The van der Waals surface area contributed by atoms with E-state index in [2.05, 4.69) is 20.3 Å². The molecule has 1 unspecified atom stereocenters. The molecule has 25 heavy (non-hydrogen) atoms. The fourth-order valence-electron chi connectivity index (χ4n) is 3.21. The fraction of sp³-hybridized carbons (Fsp3) is 0.333. The smallest absolute Gasteiger partial charge is 0.253 e. The van der Waals surface area contributed by atoms with Gasteiger partial charge in [0.15, 0.2) is 5.65 Å². The van der Waals surface area contributed by atoms with Crippen molar-refractivity contribution in [3.05, 3.63) is 48.4 Å². The topological polar surface area (TPSA) is 75.9 Å². The maximum absolute atomic E-state index is 12.6. The zero-order valence-corrected chi connectivity index (χ0v) is 14.1. The van der Waals surface area contributed by atoms with E-state index < -0.39 is 0 Å². The number of nitrogens with one attached hydrogen (secondary N) is 1. The average molecular weight is 336 g/mol. The lowest BCUT2D eigenvalue weighted by molar-refractivity contribution is 0.0714. The average Bonchev–Trinajstić information content (AvgIpc) is 3.02. The molecule has 3 heterocycles. The minimum atomic E-state index is 0.0770. The Kier molecular flexibility index (Phi) is 4.05. The monoisotopic (exact) mass is 336 g/mol. The predicted molar refractivity (Wildman–Crippen MR) is 95.3 cm³/mol. The molecule has 128 valence electrons. The Morgan fingerprint density at radius 2 is 2.08 bits per heavy atom. The summed E-state index contributed by atoms with van der Waals surface area (Å²) in [5.41, 5.74) is 2.30. The summed E-state index contributed by atoms with van der Waals surface area (Å²) in [6, 6.07) is 9.56. The van der Waals surface area contributed by atoms with Crippen LogP contribution in [0.3, 0.4) is 0 Å². The van der Waals surface area contributed by atoms with Gasteiger partial charge in [0.2, 0.25) is 5.95 Å². The molecule has 0 bridgehead atoms. The van der Waals surface area contributed by atoms with Gasteiger partial charge in [-0.25, -0.2) is 9.97 Å². The number of carbonyl (C=O) groups is 1. The van der Waals surface area contributed by atoms with E-state index in [9.17, 15) is 4.79 Å². The predicted octanol–water partition coefficient (Wildman–Crippen LogP) is 2.08. The Balaban J connectivity index is 1.46. The Morgan fingerprint density at radius 3 is 2.92 bits per heavy atom. The lowest BCUT2D eigenvalue weighted by atomic mass is 10.0. The molecule has 1 aliphatic heterocycles. The molecule has 4 rings (SSSR count). The van der Waals surface area contributed by atoms with E-state index in [1.54, 1.807) is 12.5 Å². The quantitative estimate of drug-likeness (QED) is 0.792. The van der Waals surface area contributed by atoms with Crippen molar-refractivity contribution in [2.24, 2.45) is 7.05 Å². The Morgan fingerprint density at radius 1 is 1.24 bits per heavy atom. The van der Waals surface area contributed by atoms with E-state index in [4.69, 9.17) is 0 Å². The summed E-state index contributed by atoms with van der Waals surface area (Å²) in [4.78, 5) is 27.6. The van der Waals surface area contributed by atoms with Gasteiger partial charge >= 0.3 is 0 Å². The minimum Gasteiger partial charge on any atom is -0.350 e. The highest BCUT2D eigenvalue weighted by Crippen LogP contribution is 2.17. The third kappa shape index (κ3) is 3.17. The van der Waals surface area contributed by atoms with Crippen LogP contribution < -0.4 is 5.32 Å². The van der Waals surface area contributed by atoms with Crippen LogP contribution in [0, 0.1) is 0 Å². The van der Waals surface area contributed by atoms with Gasteiger partial charge in [-0.2, -0.15) is 4.98 Å². The van der Waals surface area contributed by atoms with Crippen LogP contribution in [0.25, 0.3) is 11.2 Å². The van der Waals surface area contributed by atoms with Gasteiger partial charge in [-0.15, -0.1) is 0 Å². The molecule has 1 aromatic carbocycles. The standard InChI is InChI=1S/C18H20N6O/c1-23-12-20-16-15(23)10-19-18(22-16)21-14-8-5-9-24(11-14)17(25)13-6-3-2-4-7-13/h2-4,6-7,10,12,14H,5,8-9,11H2,1H3,(H,19,21,22). The number of amides is 1. The third-order valence-corrected chi connectivity index (χ3v) is 4.55. The van der Waals surface area contributed by atoms with Crippen LogP contribution in [0.5, 0.6) is 0 Å².